The van der Waals surface area contributed by atoms with E-state index in [9.17, 15) is 0 Å². The van der Waals surface area contributed by atoms with Gasteiger partial charge in [-0.25, -0.2) is 0 Å². The van der Waals surface area contributed by atoms with Crippen molar-refractivity contribution >= 4 is 0 Å². The standard InChI is InChI=1S/C21H35NO/c1-3-4-5-11-16-23-21-15-10-9-14-20(21)18(2)22-17-19-12-7-6-8-13-19/h9-10,14-15,18-19,22H,3-8,11-13,16-17H2,1-2H3. The molecule has 0 aliphatic heterocycles. The molecule has 0 heterocycles. The predicted octanol–water partition coefficient (Wildman–Crippen LogP) is 5.88. The minimum Gasteiger partial charge on any atom is -0.493 e. The van der Waals surface area contributed by atoms with Crippen LogP contribution in [-0.2, 0) is 0 Å². The summed E-state index contributed by atoms with van der Waals surface area (Å²) in [4.78, 5) is 0. The Morgan fingerprint density at radius 2 is 1.87 bits per heavy atom. The van der Waals surface area contributed by atoms with Crippen LogP contribution in [0.15, 0.2) is 24.3 Å². The summed E-state index contributed by atoms with van der Waals surface area (Å²) in [6.07, 6.45) is 12.1. The summed E-state index contributed by atoms with van der Waals surface area (Å²) in [7, 11) is 0. The zero-order valence-corrected chi connectivity index (χ0v) is 15.2. The largest absolute Gasteiger partial charge is 0.493 e. The van der Waals surface area contributed by atoms with Gasteiger partial charge in [-0.05, 0) is 44.7 Å². The third-order valence-corrected chi connectivity index (χ3v) is 5.08. The lowest BCUT2D eigenvalue weighted by Gasteiger charge is -2.25. The molecule has 23 heavy (non-hydrogen) atoms. The van der Waals surface area contributed by atoms with Crippen molar-refractivity contribution in [2.45, 2.75) is 77.7 Å². The van der Waals surface area contributed by atoms with Crippen LogP contribution >= 0.6 is 0 Å². The number of benzene rings is 1. The van der Waals surface area contributed by atoms with Crippen LogP contribution in [0.1, 0.15) is 83.2 Å². The number of ether oxygens (including phenoxy) is 1. The van der Waals surface area contributed by atoms with Crippen LogP contribution in [0, 0.1) is 5.92 Å². The van der Waals surface area contributed by atoms with Crippen LogP contribution < -0.4 is 10.1 Å². The SMILES string of the molecule is CCCCCCOc1ccccc1C(C)NCC1CCCCC1. The molecule has 0 bridgehead atoms. The lowest BCUT2D eigenvalue weighted by atomic mass is 9.89. The molecule has 130 valence electrons. The Kier molecular flexibility index (Phi) is 8.52. The van der Waals surface area contributed by atoms with Crippen LogP contribution in [0.4, 0.5) is 0 Å². The minimum atomic E-state index is 0.365. The second-order valence-corrected chi connectivity index (χ2v) is 7.08. The summed E-state index contributed by atoms with van der Waals surface area (Å²) in [5.74, 6) is 1.93. The quantitative estimate of drug-likeness (QED) is 0.544. The van der Waals surface area contributed by atoms with Gasteiger partial charge >= 0.3 is 0 Å². The van der Waals surface area contributed by atoms with E-state index in [2.05, 4.69) is 43.4 Å². The fourth-order valence-corrected chi connectivity index (χ4v) is 3.53. The monoisotopic (exact) mass is 317 g/mol. The molecule has 2 nitrogen and oxygen atoms in total. The van der Waals surface area contributed by atoms with Crippen molar-refractivity contribution in [2.75, 3.05) is 13.2 Å². The Bertz CT molecular complexity index is 426. The van der Waals surface area contributed by atoms with E-state index in [0.717, 1.165) is 31.2 Å². The maximum atomic E-state index is 6.06. The molecule has 1 saturated carbocycles. The highest BCUT2D eigenvalue weighted by Gasteiger charge is 2.16. The van der Waals surface area contributed by atoms with Gasteiger partial charge < -0.3 is 10.1 Å². The zero-order chi connectivity index (χ0) is 16.3. The van der Waals surface area contributed by atoms with Crippen LogP contribution in [-0.4, -0.2) is 13.2 Å². The van der Waals surface area contributed by atoms with Crippen LogP contribution in [0.3, 0.4) is 0 Å². The molecule has 1 aliphatic carbocycles. The van der Waals surface area contributed by atoms with Crippen molar-refractivity contribution in [3.8, 4) is 5.75 Å². The lowest BCUT2D eigenvalue weighted by Crippen LogP contribution is -2.27. The third kappa shape index (κ3) is 6.55. The summed E-state index contributed by atoms with van der Waals surface area (Å²) >= 11 is 0. The first-order valence-electron chi connectivity index (χ1n) is 9.76. The summed E-state index contributed by atoms with van der Waals surface area (Å²) in [5.41, 5.74) is 1.30. The average molecular weight is 318 g/mol. The molecule has 0 spiro atoms. The zero-order valence-electron chi connectivity index (χ0n) is 15.2. The van der Waals surface area contributed by atoms with E-state index < -0.39 is 0 Å². The number of unbranched alkanes of at least 4 members (excludes halogenated alkanes) is 3. The smallest absolute Gasteiger partial charge is 0.124 e. The molecule has 1 unspecified atom stereocenters. The second-order valence-electron chi connectivity index (χ2n) is 7.08. The second kappa shape index (κ2) is 10.7. The van der Waals surface area contributed by atoms with Gasteiger partial charge in [0.05, 0.1) is 6.61 Å². The first-order valence-corrected chi connectivity index (χ1v) is 9.76. The fourth-order valence-electron chi connectivity index (χ4n) is 3.53. The normalized spacial score (nSPS) is 17.1. The molecule has 1 fully saturated rings. The molecule has 1 atom stereocenters. The predicted molar refractivity (Wildman–Crippen MR) is 99.1 cm³/mol. The molecular weight excluding hydrogens is 282 g/mol. The Balaban J connectivity index is 1.80. The van der Waals surface area contributed by atoms with Gasteiger partial charge in [0.1, 0.15) is 5.75 Å². The van der Waals surface area contributed by atoms with Gasteiger partial charge in [-0.15, -0.1) is 0 Å². The Morgan fingerprint density at radius 3 is 2.65 bits per heavy atom. The molecule has 1 N–H and O–H groups in total. The summed E-state index contributed by atoms with van der Waals surface area (Å²) in [5, 5.41) is 3.74. The molecule has 0 saturated heterocycles. The maximum absolute atomic E-state index is 6.06. The highest BCUT2D eigenvalue weighted by atomic mass is 16.5. The van der Waals surface area contributed by atoms with E-state index in [0.29, 0.717) is 6.04 Å². The number of para-hydroxylation sites is 1. The third-order valence-electron chi connectivity index (χ3n) is 5.08. The van der Waals surface area contributed by atoms with Crippen molar-refractivity contribution in [1.29, 1.82) is 0 Å². The fraction of sp³-hybridized carbons (Fsp3) is 0.714. The van der Waals surface area contributed by atoms with Crippen molar-refractivity contribution < 1.29 is 4.74 Å². The lowest BCUT2D eigenvalue weighted by molar-refractivity contribution is 0.295. The van der Waals surface area contributed by atoms with Crippen molar-refractivity contribution in [3.05, 3.63) is 29.8 Å². The van der Waals surface area contributed by atoms with E-state index in [4.69, 9.17) is 4.74 Å². The number of hydrogen-bond donors (Lipinski definition) is 1. The first-order chi connectivity index (χ1) is 11.3. The van der Waals surface area contributed by atoms with Gasteiger partial charge in [0.2, 0.25) is 0 Å². The highest BCUT2D eigenvalue weighted by Crippen LogP contribution is 2.27. The molecule has 2 rings (SSSR count). The van der Waals surface area contributed by atoms with E-state index >= 15 is 0 Å². The van der Waals surface area contributed by atoms with Crippen LogP contribution in [0.2, 0.25) is 0 Å². The van der Waals surface area contributed by atoms with Crippen molar-refractivity contribution in [1.82, 2.24) is 5.32 Å². The summed E-state index contributed by atoms with van der Waals surface area (Å²) < 4.78 is 6.06. The van der Waals surface area contributed by atoms with Crippen molar-refractivity contribution in [3.63, 3.8) is 0 Å². The number of rotatable bonds is 10. The van der Waals surface area contributed by atoms with Gasteiger partial charge in [0.15, 0.2) is 0 Å². The molecule has 1 aromatic carbocycles. The topological polar surface area (TPSA) is 21.3 Å². The first kappa shape index (κ1) is 18.3. The van der Waals surface area contributed by atoms with Gasteiger partial charge in [-0.3, -0.25) is 0 Å². The number of hydrogen-bond acceptors (Lipinski definition) is 2. The van der Waals surface area contributed by atoms with Crippen LogP contribution in [0.5, 0.6) is 5.75 Å². The molecule has 2 heteroatoms. The molecular formula is C21H35NO. The molecule has 0 amide bonds. The molecule has 0 radical (unpaired) electrons. The van der Waals surface area contributed by atoms with E-state index in [1.54, 1.807) is 0 Å². The van der Waals surface area contributed by atoms with E-state index in [1.165, 1.54) is 56.9 Å². The van der Waals surface area contributed by atoms with Gasteiger partial charge in [0.25, 0.3) is 0 Å². The Hall–Kier alpha value is -1.02. The maximum Gasteiger partial charge on any atom is 0.124 e. The minimum absolute atomic E-state index is 0.365. The highest BCUT2D eigenvalue weighted by molar-refractivity contribution is 5.35. The molecule has 0 aromatic heterocycles. The van der Waals surface area contributed by atoms with E-state index in [1.807, 2.05) is 0 Å². The van der Waals surface area contributed by atoms with E-state index in [-0.39, 0.29) is 0 Å². The molecule has 1 aliphatic rings. The number of nitrogens with one attached hydrogen (secondary N) is 1. The van der Waals surface area contributed by atoms with Crippen molar-refractivity contribution in [2.24, 2.45) is 5.92 Å². The Morgan fingerprint density at radius 1 is 1.09 bits per heavy atom. The summed E-state index contributed by atoms with van der Waals surface area (Å²) in [6.45, 7) is 6.50. The van der Waals surface area contributed by atoms with Crippen LogP contribution in [0.25, 0.3) is 0 Å². The average Bonchev–Trinajstić information content (AvgIpc) is 2.61. The Labute approximate surface area is 143 Å². The summed E-state index contributed by atoms with van der Waals surface area (Å²) in [6, 6.07) is 8.90. The van der Waals surface area contributed by atoms with Gasteiger partial charge in [-0.2, -0.15) is 0 Å². The molecule has 1 aromatic rings. The van der Waals surface area contributed by atoms with Gasteiger partial charge in [-0.1, -0.05) is 63.6 Å². The van der Waals surface area contributed by atoms with Gasteiger partial charge in [0, 0.05) is 11.6 Å².